The van der Waals surface area contributed by atoms with Gasteiger partial charge in [0.05, 0.1) is 12.7 Å². The van der Waals surface area contributed by atoms with E-state index in [0.29, 0.717) is 6.54 Å². The van der Waals surface area contributed by atoms with Crippen LogP contribution in [0.3, 0.4) is 0 Å². The Balaban J connectivity index is 1.74. The fourth-order valence-electron chi connectivity index (χ4n) is 2.39. The number of hydrogen-bond donors (Lipinski definition) is 1. The Morgan fingerprint density at radius 2 is 2.00 bits per heavy atom. The Kier molecular flexibility index (Phi) is 3.12. The van der Waals surface area contributed by atoms with E-state index in [4.69, 9.17) is 11.6 Å². The molecule has 0 aliphatic rings. The first kappa shape index (κ1) is 13.0. The van der Waals surface area contributed by atoms with Gasteiger partial charge in [0.1, 0.15) is 11.3 Å². The lowest BCUT2D eigenvalue weighted by atomic mass is 10.2. The molecule has 22 heavy (non-hydrogen) atoms. The van der Waals surface area contributed by atoms with Crippen LogP contribution in [0.4, 0.5) is 0 Å². The summed E-state index contributed by atoms with van der Waals surface area (Å²) in [5, 5.41) is 5.11. The summed E-state index contributed by atoms with van der Waals surface area (Å²) in [5.41, 5.74) is 3.66. The number of rotatable bonds is 3. The first-order chi connectivity index (χ1) is 10.8. The highest BCUT2D eigenvalue weighted by Crippen LogP contribution is 2.21. The molecule has 0 aliphatic carbocycles. The minimum Gasteiger partial charge on any atom is -0.335 e. The SMILES string of the molecule is Clc1ccccc1Cn1ncc2[nH]c(-c3cccnc3)nc21. The number of halogens is 1. The predicted octanol–water partition coefficient (Wildman–Crippen LogP) is 3.52. The second-order valence-corrected chi connectivity index (χ2v) is 5.37. The maximum absolute atomic E-state index is 6.22. The minimum atomic E-state index is 0.584. The second kappa shape index (κ2) is 5.27. The van der Waals surface area contributed by atoms with Gasteiger partial charge in [0.25, 0.3) is 0 Å². The topological polar surface area (TPSA) is 59.4 Å². The van der Waals surface area contributed by atoms with E-state index in [1.807, 2.05) is 41.1 Å². The van der Waals surface area contributed by atoms with Crippen molar-refractivity contribution in [3.8, 4) is 11.4 Å². The van der Waals surface area contributed by atoms with Crippen molar-refractivity contribution in [1.82, 2.24) is 24.7 Å². The zero-order chi connectivity index (χ0) is 14.9. The summed E-state index contributed by atoms with van der Waals surface area (Å²) in [5.74, 6) is 0.786. The van der Waals surface area contributed by atoms with Crippen molar-refractivity contribution >= 4 is 22.8 Å². The van der Waals surface area contributed by atoms with E-state index in [2.05, 4.69) is 20.1 Å². The molecule has 0 saturated heterocycles. The summed E-state index contributed by atoms with van der Waals surface area (Å²) >= 11 is 6.22. The molecule has 0 fully saturated rings. The Hall–Kier alpha value is -2.66. The molecular weight excluding hydrogens is 298 g/mol. The summed E-state index contributed by atoms with van der Waals surface area (Å²) in [6, 6.07) is 11.6. The highest BCUT2D eigenvalue weighted by atomic mass is 35.5. The summed E-state index contributed by atoms with van der Waals surface area (Å²) < 4.78 is 1.84. The van der Waals surface area contributed by atoms with Gasteiger partial charge in [0, 0.05) is 23.0 Å². The molecule has 0 amide bonds. The third-order valence-corrected chi connectivity index (χ3v) is 3.86. The Labute approximate surface area is 131 Å². The maximum atomic E-state index is 6.22. The van der Waals surface area contributed by atoms with Crippen LogP contribution >= 0.6 is 11.6 Å². The molecule has 0 atom stereocenters. The van der Waals surface area contributed by atoms with E-state index in [0.717, 1.165) is 33.1 Å². The number of aromatic nitrogens is 5. The first-order valence-electron chi connectivity index (χ1n) is 6.86. The summed E-state index contributed by atoms with van der Waals surface area (Å²) in [6.07, 6.45) is 5.30. The van der Waals surface area contributed by atoms with E-state index in [9.17, 15) is 0 Å². The van der Waals surface area contributed by atoms with E-state index >= 15 is 0 Å². The monoisotopic (exact) mass is 309 g/mol. The van der Waals surface area contributed by atoms with Crippen LogP contribution in [0.2, 0.25) is 5.02 Å². The fourth-order valence-corrected chi connectivity index (χ4v) is 2.59. The maximum Gasteiger partial charge on any atom is 0.177 e. The van der Waals surface area contributed by atoms with Crippen LogP contribution in [0, 0.1) is 0 Å². The molecule has 6 heteroatoms. The lowest BCUT2D eigenvalue weighted by Crippen LogP contribution is -2.02. The third-order valence-electron chi connectivity index (χ3n) is 3.50. The smallest absolute Gasteiger partial charge is 0.177 e. The molecule has 1 N–H and O–H groups in total. The van der Waals surface area contributed by atoms with Crippen LogP contribution in [0.5, 0.6) is 0 Å². The van der Waals surface area contributed by atoms with Crippen molar-refractivity contribution in [2.45, 2.75) is 6.54 Å². The molecule has 4 aromatic rings. The van der Waals surface area contributed by atoms with Gasteiger partial charge in [-0.2, -0.15) is 5.10 Å². The van der Waals surface area contributed by atoms with E-state index in [-0.39, 0.29) is 0 Å². The standard InChI is InChI=1S/C16H12ClN5/c17-13-6-2-1-4-12(13)10-22-16-14(9-19-22)20-15(21-16)11-5-3-7-18-8-11/h1-9H,10H2,(H,20,21). The van der Waals surface area contributed by atoms with Gasteiger partial charge in [-0.25, -0.2) is 9.67 Å². The molecule has 3 aromatic heterocycles. The summed E-state index contributed by atoms with van der Waals surface area (Å²) in [4.78, 5) is 12.0. The lowest BCUT2D eigenvalue weighted by molar-refractivity contribution is 0.705. The van der Waals surface area contributed by atoms with Crippen molar-refractivity contribution in [1.29, 1.82) is 0 Å². The number of aromatic amines is 1. The zero-order valence-corrected chi connectivity index (χ0v) is 12.3. The van der Waals surface area contributed by atoms with Crippen LogP contribution in [-0.2, 0) is 6.54 Å². The number of pyridine rings is 1. The number of H-pyrrole nitrogens is 1. The first-order valence-corrected chi connectivity index (χ1v) is 7.24. The highest BCUT2D eigenvalue weighted by molar-refractivity contribution is 6.31. The summed E-state index contributed by atoms with van der Waals surface area (Å²) in [6.45, 7) is 0.584. The number of hydrogen-bond acceptors (Lipinski definition) is 3. The number of nitrogens with zero attached hydrogens (tertiary/aromatic N) is 4. The van der Waals surface area contributed by atoms with E-state index in [1.165, 1.54) is 0 Å². The number of imidazole rings is 1. The number of nitrogens with one attached hydrogen (secondary N) is 1. The van der Waals surface area contributed by atoms with Gasteiger partial charge >= 0.3 is 0 Å². The molecule has 0 bridgehead atoms. The van der Waals surface area contributed by atoms with Crippen molar-refractivity contribution in [2.24, 2.45) is 0 Å². The highest BCUT2D eigenvalue weighted by Gasteiger charge is 2.11. The zero-order valence-electron chi connectivity index (χ0n) is 11.6. The number of benzene rings is 1. The van der Waals surface area contributed by atoms with Crippen LogP contribution in [0.1, 0.15) is 5.56 Å². The third kappa shape index (κ3) is 2.25. The lowest BCUT2D eigenvalue weighted by Gasteiger charge is -2.04. The van der Waals surface area contributed by atoms with Gasteiger partial charge in [-0.15, -0.1) is 0 Å². The van der Waals surface area contributed by atoms with Crippen molar-refractivity contribution in [3.63, 3.8) is 0 Å². The van der Waals surface area contributed by atoms with Crippen molar-refractivity contribution in [3.05, 3.63) is 65.6 Å². The van der Waals surface area contributed by atoms with Gasteiger partial charge in [-0.05, 0) is 23.8 Å². The largest absolute Gasteiger partial charge is 0.335 e. The Morgan fingerprint density at radius 3 is 2.82 bits per heavy atom. The molecule has 0 aliphatic heterocycles. The Morgan fingerprint density at radius 1 is 1.09 bits per heavy atom. The quantitative estimate of drug-likeness (QED) is 0.630. The van der Waals surface area contributed by atoms with Crippen molar-refractivity contribution < 1.29 is 0 Å². The van der Waals surface area contributed by atoms with Gasteiger partial charge in [0.15, 0.2) is 5.65 Å². The van der Waals surface area contributed by atoms with Crippen LogP contribution in [0.15, 0.2) is 55.0 Å². The van der Waals surface area contributed by atoms with Gasteiger partial charge in [-0.1, -0.05) is 29.8 Å². The average molecular weight is 310 g/mol. The van der Waals surface area contributed by atoms with Crippen LogP contribution in [0.25, 0.3) is 22.6 Å². The fraction of sp³-hybridized carbons (Fsp3) is 0.0625. The average Bonchev–Trinajstić information content (AvgIpc) is 3.12. The molecule has 3 heterocycles. The molecule has 0 unspecified atom stereocenters. The summed E-state index contributed by atoms with van der Waals surface area (Å²) in [7, 11) is 0. The van der Waals surface area contributed by atoms with E-state index < -0.39 is 0 Å². The van der Waals surface area contributed by atoms with E-state index in [1.54, 1.807) is 18.6 Å². The molecule has 108 valence electrons. The Bertz CT molecular complexity index is 926. The predicted molar refractivity (Wildman–Crippen MR) is 85.7 cm³/mol. The van der Waals surface area contributed by atoms with Crippen LogP contribution < -0.4 is 0 Å². The molecular formula is C16H12ClN5. The van der Waals surface area contributed by atoms with Crippen LogP contribution in [-0.4, -0.2) is 24.7 Å². The molecule has 5 nitrogen and oxygen atoms in total. The molecule has 0 spiro atoms. The normalized spacial score (nSPS) is 11.1. The molecule has 1 aromatic carbocycles. The molecule has 0 radical (unpaired) electrons. The number of fused-ring (bicyclic) bond motifs is 1. The van der Waals surface area contributed by atoms with Gasteiger partial charge < -0.3 is 4.98 Å². The van der Waals surface area contributed by atoms with Gasteiger partial charge in [-0.3, -0.25) is 4.98 Å². The molecule has 0 saturated carbocycles. The van der Waals surface area contributed by atoms with Gasteiger partial charge in [0.2, 0.25) is 0 Å². The second-order valence-electron chi connectivity index (χ2n) is 4.96. The molecule has 4 rings (SSSR count). The minimum absolute atomic E-state index is 0.584. The van der Waals surface area contributed by atoms with Crippen molar-refractivity contribution in [2.75, 3.05) is 0 Å².